The zero-order chi connectivity index (χ0) is 13.7. The molecule has 4 rings (SSSR count). The van der Waals surface area contributed by atoms with Gasteiger partial charge in [0.1, 0.15) is 6.04 Å². The van der Waals surface area contributed by atoms with Crippen LogP contribution in [-0.4, -0.2) is 58.1 Å². The molecule has 1 saturated carbocycles. The highest BCUT2D eigenvalue weighted by Gasteiger charge is 2.52. The lowest BCUT2D eigenvalue weighted by Gasteiger charge is -2.39. The highest BCUT2D eigenvalue weighted by molar-refractivity contribution is 5.74. The Balaban J connectivity index is 1.61. The first-order valence-corrected chi connectivity index (χ1v) is 8.50. The molecule has 0 spiro atoms. The lowest BCUT2D eigenvalue weighted by Crippen LogP contribution is -2.52. The van der Waals surface area contributed by atoms with Gasteiger partial charge >= 0.3 is 5.97 Å². The Morgan fingerprint density at radius 3 is 2.55 bits per heavy atom. The van der Waals surface area contributed by atoms with E-state index in [2.05, 4.69) is 9.80 Å². The minimum absolute atomic E-state index is 0.200. The first kappa shape index (κ1) is 13.1. The molecular weight excluding hydrogens is 252 g/mol. The minimum Gasteiger partial charge on any atom is -0.480 e. The van der Waals surface area contributed by atoms with E-state index in [0.717, 1.165) is 6.42 Å². The molecule has 1 N–H and O–H groups in total. The first-order chi connectivity index (χ1) is 9.75. The summed E-state index contributed by atoms with van der Waals surface area (Å²) < 4.78 is 0. The predicted octanol–water partition coefficient (Wildman–Crippen LogP) is 1.94. The van der Waals surface area contributed by atoms with E-state index < -0.39 is 5.97 Å². The number of nitrogens with zero attached hydrogens (tertiary/aromatic N) is 2. The van der Waals surface area contributed by atoms with E-state index in [4.69, 9.17) is 0 Å². The highest BCUT2D eigenvalue weighted by atomic mass is 16.4. The SMILES string of the molecule is O=C(O)C1CC2CCCCC2N1C1CCN2CCCC12. The monoisotopic (exact) mass is 278 g/mol. The Morgan fingerprint density at radius 1 is 0.900 bits per heavy atom. The van der Waals surface area contributed by atoms with Crippen molar-refractivity contribution in [3.8, 4) is 0 Å². The Hall–Kier alpha value is -0.610. The van der Waals surface area contributed by atoms with Crippen LogP contribution in [0.1, 0.15) is 51.4 Å². The van der Waals surface area contributed by atoms with Gasteiger partial charge in [0.05, 0.1) is 0 Å². The summed E-state index contributed by atoms with van der Waals surface area (Å²) in [6.07, 6.45) is 9.78. The van der Waals surface area contributed by atoms with Crippen molar-refractivity contribution in [2.45, 2.75) is 75.5 Å². The van der Waals surface area contributed by atoms with Gasteiger partial charge in [0.15, 0.2) is 0 Å². The summed E-state index contributed by atoms with van der Waals surface area (Å²) in [5.74, 6) is 0.0798. The summed E-state index contributed by atoms with van der Waals surface area (Å²) in [5, 5.41) is 9.68. The van der Waals surface area contributed by atoms with Crippen molar-refractivity contribution in [1.29, 1.82) is 0 Å². The van der Waals surface area contributed by atoms with Crippen molar-refractivity contribution >= 4 is 5.97 Å². The van der Waals surface area contributed by atoms with Crippen LogP contribution in [0.3, 0.4) is 0 Å². The van der Waals surface area contributed by atoms with Gasteiger partial charge in [-0.05, 0) is 51.0 Å². The van der Waals surface area contributed by atoms with Crippen LogP contribution < -0.4 is 0 Å². The quantitative estimate of drug-likeness (QED) is 0.838. The largest absolute Gasteiger partial charge is 0.480 e. The molecule has 4 fully saturated rings. The molecule has 4 aliphatic rings. The Morgan fingerprint density at radius 2 is 1.70 bits per heavy atom. The van der Waals surface area contributed by atoms with Gasteiger partial charge in [0, 0.05) is 24.7 Å². The fourth-order valence-electron chi connectivity index (χ4n) is 5.60. The van der Waals surface area contributed by atoms with Crippen molar-refractivity contribution < 1.29 is 9.90 Å². The van der Waals surface area contributed by atoms with Crippen molar-refractivity contribution in [2.24, 2.45) is 5.92 Å². The Kier molecular flexibility index (Phi) is 3.26. The molecule has 3 heterocycles. The third kappa shape index (κ3) is 1.92. The topological polar surface area (TPSA) is 43.8 Å². The van der Waals surface area contributed by atoms with E-state index in [1.807, 2.05) is 0 Å². The number of aliphatic carboxylic acids is 1. The van der Waals surface area contributed by atoms with E-state index in [9.17, 15) is 9.90 Å². The third-order valence-electron chi connectivity index (χ3n) is 6.38. The molecule has 20 heavy (non-hydrogen) atoms. The maximum atomic E-state index is 11.7. The van der Waals surface area contributed by atoms with Gasteiger partial charge < -0.3 is 5.11 Å². The fourth-order valence-corrected chi connectivity index (χ4v) is 5.60. The van der Waals surface area contributed by atoms with Crippen LogP contribution in [0.4, 0.5) is 0 Å². The number of carboxylic acid groups (broad SMARTS) is 1. The smallest absolute Gasteiger partial charge is 0.320 e. The van der Waals surface area contributed by atoms with Crippen LogP contribution >= 0.6 is 0 Å². The molecule has 1 aliphatic carbocycles. The molecule has 0 aromatic heterocycles. The van der Waals surface area contributed by atoms with Crippen molar-refractivity contribution in [3.63, 3.8) is 0 Å². The molecule has 0 bridgehead atoms. The Labute approximate surface area is 121 Å². The van der Waals surface area contributed by atoms with Crippen LogP contribution in [-0.2, 0) is 4.79 Å². The molecule has 0 aromatic rings. The lowest BCUT2D eigenvalue weighted by molar-refractivity contribution is -0.143. The molecule has 0 radical (unpaired) electrons. The van der Waals surface area contributed by atoms with E-state index >= 15 is 0 Å². The van der Waals surface area contributed by atoms with Crippen LogP contribution in [0.15, 0.2) is 0 Å². The van der Waals surface area contributed by atoms with Gasteiger partial charge in [-0.1, -0.05) is 12.8 Å². The van der Waals surface area contributed by atoms with Gasteiger partial charge in [-0.25, -0.2) is 0 Å². The van der Waals surface area contributed by atoms with Gasteiger partial charge in [-0.15, -0.1) is 0 Å². The lowest BCUT2D eigenvalue weighted by atomic mass is 9.84. The molecule has 5 atom stereocenters. The third-order valence-corrected chi connectivity index (χ3v) is 6.38. The standard InChI is InChI=1S/C16H26N2O2/c19-16(20)15-10-11-4-1-2-5-12(11)18(15)14-7-9-17-8-3-6-13(14)17/h11-15H,1-10H2,(H,19,20). The van der Waals surface area contributed by atoms with E-state index in [1.165, 1.54) is 58.0 Å². The normalized spacial score (nSPS) is 45.5. The average molecular weight is 278 g/mol. The maximum absolute atomic E-state index is 11.7. The summed E-state index contributed by atoms with van der Waals surface area (Å²) in [7, 11) is 0. The number of carboxylic acids is 1. The summed E-state index contributed by atoms with van der Waals surface area (Å²) in [6, 6.07) is 1.54. The van der Waals surface area contributed by atoms with Crippen molar-refractivity contribution in [3.05, 3.63) is 0 Å². The van der Waals surface area contributed by atoms with Crippen molar-refractivity contribution in [2.75, 3.05) is 13.1 Å². The predicted molar refractivity (Wildman–Crippen MR) is 76.6 cm³/mol. The first-order valence-electron chi connectivity index (χ1n) is 8.50. The summed E-state index contributed by atoms with van der Waals surface area (Å²) >= 11 is 0. The molecule has 4 heteroatoms. The average Bonchev–Trinajstić information content (AvgIpc) is 3.10. The number of rotatable bonds is 2. The molecule has 112 valence electrons. The second-order valence-corrected chi connectivity index (χ2v) is 7.25. The molecule has 5 unspecified atom stereocenters. The van der Waals surface area contributed by atoms with Gasteiger partial charge in [0.25, 0.3) is 0 Å². The molecule has 4 nitrogen and oxygen atoms in total. The summed E-state index contributed by atoms with van der Waals surface area (Å²) in [5.41, 5.74) is 0. The summed E-state index contributed by atoms with van der Waals surface area (Å²) in [6.45, 7) is 2.43. The zero-order valence-corrected chi connectivity index (χ0v) is 12.2. The van der Waals surface area contributed by atoms with Crippen LogP contribution in [0.25, 0.3) is 0 Å². The van der Waals surface area contributed by atoms with E-state index in [0.29, 0.717) is 24.0 Å². The number of hydrogen-bond donors (Lipinski definition) is 1. The van der Waals surface area contributed by atoms with E-state index in [-0.39, 0.29) is 6.04 Å². The van der Waals surface area contributed by atoms with Crippen molar-refractivity contribution in [1.82, 2.24) is 9.80 Å². The second kappa shape index (κ2) is 4.99. The molecule has 0 amide bonds. The van der Waals surface area contributed by atoms with Gasteiger partial charge in [-0.3, -0.25) is 14.6 Å². The number of carbonyl (C=O) groups is 1. The molecule has 0 aromatic carbocycles. The number of likely N-dealkylation sites (tertiary alicyclic amines) is 1. The highest BCUT2D eigenvalue weighted by Crippen LogP contribution is 2.44. The number of hydrogen-bond acceptors (Lipinski definition) is 3. The second-order valence-electron chi connectivity index (χ2n) is 7.25. The molecule has 3 saturated heterocycles. The van der Waals surface area contributed by atoms with E-state index in [1.54, 1.807) is 0 Å². The Bertz CT molecular complexity index is 400. The number of fused-ring (bicyclic) bond motifs is 2. The maximum Gasteiger partial charge on any atom is 0.320 e. The fraction of sp³-hybridized carbons (Fsp3) is 0.938. The zero-order valence-electron chi connectivity index (χ0n) is 12.2. The molecular formula is C16H26N2O2. The molecule has 3 aliphatic heterocycles. The minimum atomic E-state index is -0.573. The van der Waals surface area contributed by atoms with Gasteiger partial charge in [0.2, 0.25) is 0 Å². The van der Waals surface area contributed by atoms with Crippen LogP contribution in [0.2, 0.25) is 0 Å². The van der Waals surface area contributed by atoms with Crippen LogP contribution in [0, 0.1) is 5.92 Å². The van der Waals surface area contributed by atoms with Crippen LogP contribution in [0.5, 0.6) is 0 Å². The van der Waals surface area contributed by atoms with Gasteiger partial charge in [-0.2, -0.15) is 0 Å². The summed E-state index contributed by atoms with van der Waals surface area (Å²) in [4.78, 5) is 16.8.